The summed E-state index contributed by atoms with van der Waals surface area (Å²) in [5, 5.41) is 11.2. The Hall–Kier alpha value is -1.98. The summed E-state index contributed by atoms with van der Waals surface area (Å²) in [7, 11) is 0. The van der Waals surface area contributed by atoms with Crippen LogP contribution < -0.4 is 5.32 Å². The molecule has 1 aromatic rings. The Bertz CT molecular complexity index is 467. The molecule has 0 amide bonds. The lowest BCUT2D eigenvalue weighted by molar-refractivity contribution is -0.137. The van der Waals surface area contributed by atoms with Crippen molar-refractivity contribution >= 4 is 11.7 Å². The van der Waals surface area contributed by atoms with Crippen LogP contribution in [-0.4, -0.2) is 17.6 Å². The molecule has 0 atom stereocenters. The van der Waals surface area contributed by atoms with Crippen LogP contribution in [-0.2, 0) is 11.0 Å². The summed E-state index contributed by atoms with van der Waals surface area (Å²) in [6, 6.07) is 4.74. The minimum Gasteiger partial charge on any atom is -0.478 e. The Morgan fingerprint density at radius 2 is 2.11 bits per heavy atom. The van der Waals surface area contributed by atoms with Crippen LogP contribution in [0.15, 0.2) is 35.9 Å². The molecule has 3 nitrogen and oxygen atoms in total. The van der Waals surface area contributed by atoms with E-state index in [1.807, 2.05) is 0 Å². The molecular formula is C12H12F3NO2. The highest BCUT2D eigenvalue weighted by Gasteiger charge is 2.30. The standard InChI is InChI=1S/C12H12F3NO2/c1-8(5-11(17)18)7-16-10-4-2-3-9(6-10)12(13,14)15/h2-6,16H,7H2,1H3,(H,17,18)/b8-5-. The molecule has 1 aromatic carbocycles. The van der Waals surface area contributed by atoms with Crippen LogP contribution in [0.4, 0.5) is 18.9 Å². The van der Waals surface area contributed by atoms with E-state index in [-0.39, 0.29) is 6.54 Å². The van der Waals surface area contributed by atoms with Crippen molar-refractivity contribution in [3.05, 3.63) is 41.5 Å². The summed E-state index contributed by atoms with van der Waals surface area (Å²) in [5.74, 6) is -1.08. The number of halogens is 3. The first-order chi connectivity index (χ1) is 8.29. The first-order valence-corrected chi connectivity index (χ1v) is 5.10. The van der Waals surface area contributed by atoms with Crippen molar-refractivity contribution in [2.24, 2.45) is 0 Å². The second-order valence-corrected chi connectivity index (χ2v) is 3.76. The topological polar surface area (TPSA) is 49.3 Å². The molecule has 2 N–H and O–H groups in total. The van der Waals surface area contributed by atoms with Crippen LogP contribution in [0.2, 0.25) is 0 Å². The van der Waals surface area contributed by atoms with Crippen molar-refractivity contribution < 1.29 is 23.1 Å². The van der Waals surface area contributed by atoms with Gasteiger partial charge < -0.3 is 10.4 Å². The maximum absolute atomic E-state index is 12.4. The molecule has 0 unspecified atom stereocenters. The monoisotopic (exact) mass is 259 g/mol. The van der Waals surface area contributed by atoms with Crippen molar-refractivity contribution in [2.75, 3.05) is 11.9 Å². The molecule has 0 spiro atoms. The molecule has 0 aliphatic heterocycles. The van der Waals surface area contributed by atoms with Crippen LogP contribution in [0, 0.1) is 0 Å². The summed E-state index contributed by atoms with van der Waals surface area (Å²) in [4.78, 5) is 10.4. The van der Waals surface area contributed by atoms with Gasteiger partial charge in [-0.15, -0.1) is 0 Å². The van der Waals surface area contributed by atoms with Gasteiger partial charge >= 0.3 is 12.1 Å². The van der Waals surface area contributed by atoms with E-state index in [0.29, 0.717) is 11.3 Å². The predicted molar refractivity (Wildman–Crippen MR) is 61.3 cm³/mol. The number of hydrogen-bond acceptors (Lipinski definition) is 2. The van der Waals surface area contributed by atoms with Gasteiger partial charge in [0, 0.05) is 18.3 Å². The third-order valence-electron chi connectivity index (χ3n) is 2.13. The Morgan fingerprint density at radius 3 is 2.67 bits per heavy atom. The van der Waals surface area contributed by atoms with E-state index < -0.39 is 17.7 Å². The highest BCUT2D eigenvalue weighted by Crippen LogP contribution is 2.30. The molecule has 0 saturated carbocycles. The van der Waals surface area contributed by atoms with Crippen molar-refractivity contribution in [3.8, 4) is 0 Å². The van der Waals surface area contributed by atoms with Gasteiger partial charge in [-0.05, 0) is 30.7 Å². The second-order valence-electron chi connectivity index (χ2n) is 3.76. The number of benzene rings is 1. The van der Waals surface area contributed by atoms with Gasteiger partial charge in [-0.3, -0.25) is 0 Å². The zero-order valence-corrected chi connectivity index (χ0v) is 9.58. The van der Waals surface area contributed by atoms with Crippen LogP contribution in [0.25, 0.3) is 0 Å². The Balaban J connectivity index is 2.72. The van der Waals surface area contributed by atoms with Gasteiger partial charge in [-0.2, -0.15) is 13.2 Å². The smallest absolute Gasteiger partial charge is 0.416 e. The zero-order chi connectivity index (χ0) is 13.8. The van der Waals surface area contributed by atoms with Gasteiger partial charge in [-0.25, -0.2) is 4.79 Å². The second kappa shape index (κ2) is 5.57. The largest absolute Gasteiger partial charge is 0.478 e. The Morgan fingerprint density at radius 1 is 1.44 bits per heavy atom. The molecule has 0 fully saturated rings. The lowest BCUT2D eigenvalue weighted by Gasteiger charge is -2.10. The van der Waals surface area contributed by atoms with Crippen LogP contribution >= 0.6 is 0 Å². The molecule has 6 heteroatoms. The van der Waals surface area contributed by atoms with Gasteiger partial charge in [0.2, 0.25) is 0 Å². The van der Waals surface area contributed by atoms with E-state index in [1.54, 1.807) is 6.92 Å². The van der Waals surface area contributed by atoms with E-state index in [4.69, 9.17) is 5.11 Å². The lowest BCUT2D eigenvalue weighted by atomic mass is 10.2. The summed E-state index contributed by atoms with van der Waals surface area (Å²) in [6.07, 6.45) is -3.38. The fourth-order valence-corrected chi connectivity index (χ4v) is 1.31. The van der Waals surface area contributed by atoms with E-state index >= 15 is 0 Å². The van der Waals surface area contributed by atoms with E-state index in [0.717, 1.165) is 18.2 Å². The number of aliphatic carboxylic acids is 1. The van der Waals surface area contributed by atoms with E-state index in [2.05, 4.69) is 5.32 Å². The van der Waals surface area contributed by atoms with Crippen LogP contribution in [0.1, 0.15) is 12.5 Å². The first kappa shape index (κ1) is 14.1. The molecule has 0 saturated heterocycles. The number of nitrogens with one attached hydrogen (secondary N) is 1. The third-order valence-corrected chi connectivity index (χ3v) is 2.13. The van der Waals surface area contributed by atoms with Gasteiger partial charge in [-0.1, -0.05) is 6.07 Å². The molecule has 98 valence electrons. The minimum atomic E-state index is -4.39. The van der Waals surface area contributed by atoms with Crippen molar-refractivity contribution in [3.63, 3.8) is 0 Å². The fraction of sp³-hybridized carbons (Fsp3) is 0.250. The van der Waals surface area contributed by atoms with Crippen molar-refractivity contribution in [1.29, 1.82) is 0 Å². The maximum Gasteiger partial charge on any atom is 0.416 e. The summed E-state index contributed by atoms with van der Waals surface area (Å²) in [5.41, 5.74) is 0.0650. The minimum absolute atomic E-state index is 0.174. The molecule has 0 bridgehead atoms. The molecule has 0 aromatic heterocycles. The summed E-state index contributed by atoms with van der Waals surface area (Å²) < 4.78 is 37.3. The highest BCUT2D eigenvalue weighted by molar-refractivity contribution is 5.80. The Kier molecular flexibility index (Phi) is 4.36. The van der Waals surface area contributed by atoms with Gasteiger partial charge in [0.05, 0.1) is 5.56 Å². The quantitative estimate of drug-likeness (QED) is 0.816. The lowest BCUT2D eigenvalue weighted by Crippen LogP contribution is -2.08. The van der Waals surface area contributed by atoms with Crippen molar-refractivity contribution in [2.45, 2.75) is 13.1 Å². The van der Waals surface area contributed by atoms with Gasteiger partial charge in [0.15, 0.2) is 0 Å². The van der Waals surface area contributed by atoms with Gasteiger partial charge in [0.25, 0.3) is 0 Å². The summed E-state index contributed by atoms with van der Waals surface area (Å²) in [6.45, 7) is 1.75. The molecule has 0 aliphatic rings. The average Bonchev–Trinajstić information content (AvgIpc) is 2.25. The number of rotatable bonds is 4. The Labute approximate surface area is 102 Å². The number of carbonyl (C=O) groups is 1. The van der Waals surface area contributed by atoms with Crippen LogP contribution in [0.5, 0.6) is 0 Å². The normalized spacial score (nSPS) is 12.3. The average molecular weight is 259 g/mol. The van der Waals surface area contributed by atoms with Gasteiger partial charge in [0.1, 0.15) is 0 Å². The number of hydrogen-bond donors (Lipinski definition) is 2. The maximum atomic E-state index is 12.4. The molecule has 0 radical (unpaired) electrons. The summed E-state index contributed by atoms with van der Waals surface area (Å²) >= 11 is 0. The van der Waals surface area contributed by atoms with Crippen LogP contribution in [0.3, 0.4) is 0 Å². The molecule has 0 aliphatic carbocycles. The predicted octanol–water partition coefficient (Wildman–Crippen LogP) is 3.15. The molecule has 0 heterocycles. The number of carboxylic acids is 1. The number of carboxylic acid groups (broad SMARTS) is 1. The SMILES string of the molecule is C/C(=C/C(=O)O)CNc1cccc(C(F)(F)F)c1. The molecule has 1 rings (SSSR count). The zero-order valence-electron chi connectivity index (χ0n) is 9.58. The number of anilines is 1. The third kappa shape index (κ3) is 4.48. The van der Waals surface area contributed by atoms with E-state index in [1.165, 1.54) is 12.1 Å². The molecular weight excluding hydrogens is 247 g/mol. The fourth-order valence-electron chi connectivity index (χ4n) is 1.31. The number of alkyl halides is 3. The first-order valence-electron chi connectivity index (χ1n) is 5.10. The van der Waals surface area contributed by atoms with Crippen molar-refractivity contribution in [1.82, 2.24) is 0 Å². The highest BCUT2D eigenvalue weighted by atomic mass is 19.4. The molecule has 18 heavy (non-hydrogen) atoms. The van der Waals surface area contributed by atoms with E-state index in [9.17, 15) is 18.0 Å².